The van der Waals surface area contributed by atoms with Crippen LogP contribution in [0.1, 0.15) is 62.8 Å². The lowest BCUT2D eigenvalue weighted by atomic mass is 9.81. The fourth-order valence-corrected chi connectivity index (χ4v) is 6.24. The molecule has 4 nitrogen and oxygen atoms in total. The lowest BCUT2D eigenvalue weighted by molar-refractivity contribution is -0.0884. The highest BCUT2D eigenvalue weighted by Crippen LogP contribution is 2.57. The van der Waals surface area contributed by atoms with Gasteiger partial charge < -0.3 is 9.26 Å². The molecule has 38 heavy (non-hydrogen) atoms. The van der Waals surface area contributed by atoms with Gasteiger partial charge in [0.05, 0.1) is 18.3 Å². The van der Waals surface area contributed by atoms with E-state index >= 15 is 0 Å². The van der Waals surface area contributed by atoms with Crippen LogP contribution >= 0.6 is 7.60 Å². The van der Waals surface area contributed by atoms with Crippen molar-refractivity contribution >= 4 is 7.60 Å². The predicted molar refractivity (Wildman–Crippen MR) is 145 cm³/mol. The molecule has 1 aliphatic carbocycles. The van der Waals surface area contributed by atoms with Crippen molar-refractivity contribution in [2.75, 3.05) is 13.0 Å². The second kappa shape index (κ2) is 13.1. The molecule has 3 atom stereocenters. The average molecular weight is 549 g/mol. The van der Waals surface area contributed by atoms with Crippen molar-refractivity contribution in [1.29, 1.82) is 0 Å². The van der Waals surface area contributed by atoms with Crippen LogP contribution in [0.15, 0.2) is 90.0 Å². The molecule has 0 radical (unpaired) electrons. The van der Waals surface area contributed by atoms with Gasteiger partial charge in [-0.3, -0.25) is 9.09 Å². The largest absolute Gasteiger partial charge is 0.416 e. The van der Waals surface area contributed by atoms with E-state index < -0.39 is 31.1 Å². The van der Waals surface area contributed by atoms with E-state index in [4.69, 9.17) is 13.8 Å². The van der Waals surface area contributed by atoms with Gasteiger partial charge in [0.15, 0.2) is 0 Å². The SMILES string of the molecule is CC.CCC(OCP1(=O)OCCC(c2cccc(C)c2)O1)(C1=CC=CC(C(F)(F)F)=CC1)c1ccccc1. The maximum Gasteiger partial charge on any atom is 0.416 e. The zero-order valence-electron chi connectivity index (χ0n) is 22.3. The fraction of sp³-hybridized carbons (Fsp3) is 0.400. The smallest absolute Gasteiger partial charge is 0.353 e. The Morgan fingerprint density at radius 1 is 1.08 bits per heavy atom. The quantitative estimate of drug-likeness (QED) is 0.324. The van der Waals surface area contributed by atoms with Gasteiger partial charge in [-0.15, -0.1) is 0 Å². The molecule has 2 aliphatic rings. The van der Waals surface area contributed by atoms with E-state index in [0.29, 0.717) is 18.4 Å². The molecule has 1 heterocycles. The topological polar surface area (TPSA) is 44.8 Å². The summed E-state index contributed by atoms with van der Waals surface area (Å²) in [7, 11) is -3.64. The molecule has 3 unspecified atom stereocenters. The molecule has 1 saturated heterocycles. The van der Waals surface area contributed by atoms with Gasteiger partial charge in [-0.2, -0.15) is 13.2 Å². The second-order valence-corrected chi connectivity index (χ2v) is 10.9. The van der Waals surface area contributed by atoms with Crippen LogP contribution in [0.2, 0.25) is 0 Å². The number of aryl methyl sites for hydroxylation is 1. The molecule has 0 bridgehead atoms. The average Bonchev–Trinajstić information content (AvgIpc) is 3.18. The molecular weight excluding hydrogens is 512 g/mol. The zero-order valence-corrected chi connectivity index (χ0v) is 23.2. The first-order valence-electron chi connectivity index (χ1n) is 13.0. The number of hydrogen-bond acceptors (Lipinski definition) is 4. The summed E-state index contributed by atoms with van der Waals surface area (Å²) in [6.45, 7) is 8.13. The van der Waals surface area contributed by atoms with Crippen LogP contribution in [0.5, 0.6) is 0 Å². The van der Waals surface area contributed by atoms with E-state index in [1.165, 1.54) is 6.08 Å². The molecule has 2 aromatic rings. The van der Waals surface area contributed by atoms with E-state index in [2.05, 4.69) is 0 Å². The summed E-state index contributed by atoms with van der Waals surface area (Å²) in [5, 5.41) is 0. The Kier molecular flexibility index (Phi) is 10.4. The molecule has 4 rings (SSSR count). The summed E-state index contributed by atoms with van der Waals surface area (Å²) in [6, 6.07) is 17.1. The first kappa shape index (κ1) is 30.1. The minimum absolute atomic E-state index is 0.0303. The number of halogens is 3. The van der Waals surface area contributed by atoms with Gasteiger partial charge in [0.25, 0.3) is 0 Å². The molecule has 2 aromatic carbocycles. The summed E-state index contributed by atoms with van der Waals surface area (Å²) < 4.78 is 71.7. The van der Waals surface area contributed by atoms with Crippen molar-refractivity contribution in [2.45, 2.75) is 64.8 Å². The first-order valence-corrected chi connectivity index (χ1v) is 14.7. The van der Waals surface area contributed by atoms with Gasteiger partial charge in [0.1, 0.15) is 11.9 Å². The van der Waals surface area contributed by atoms with Crippen LogP contribution in [-0.4, -0.2) is 19.1 Å². The summed E-state index contributed by atoms with van der Waals surface area (Å²) in [5.74, 6) is 0. The normalized spacial score (nSPS) is 23.3. The Bertz CT molecular complexity index is 1200. The lowest BCUT2D eigenvalue weighted by Gasteiger charge is -2.38. The standard InChI is InChI=1S/C28H30F3O4P.C2H6/c1-3-27(23-11-5-4-6-12-23,24-13-8-14-25(16-15-24)28(29,30)31)33-20-36(32)34-18-17-26(35-36)22-10-7-9-21(2)19-22;1-2/h4-14,16,19,26H,3,15,17-18,20H2,1-2H3;1-2H3. The Hall–Kier alpha value is -2.44. The van der Waals surface area contributed by atoms with Crippen molar-refractivity contribution in [1.82, 2.24) is 0 Å². The van der Waals surface area contributed by atoms with E-state index in [1.807, 2.05) is 82.3 Å². The zero-order chi connectivity index (χ0) is 27.8. The molecule has 1 fully saturated rings. The van der Waals surface area contributed by atoms with Crippen molar-refractivity contribution < 1.29 is 31.5 Å². The highest BCUT2D eigenvalue weighted by atomic mass is 31.2. The van der Waals surface area contributed by atoms with E-state index in [9.17, 15) is 17.7 Å². The molecule has 0 spiro atoms. The van der Waals surface area contributed by atoms with Crippen LogP contribution in [0.4, 0.5) is 13.2 Å². The molecule has 206 valence electrons. The van der Waals surface area contributed by atoms with Crippen molar-refractivity contribution in [3.63, 3.8) is 0 Å². The minimum Gasteiger partial charge on any atom is -0.353 e. The Morgan fingerprint density at radius 2 is 1.82 bits per heavy atom. The van der Waals surface area contributed by atoms with Gasteiger partial charge in [-0.25, -0.2) is 0 Å². The third-order valence-electron chi connectivity index (χ3n) is 6.54. The second-order valence-electron chi connectivity index (χ2n) is 8.97. The van der Waals surface area contributed by atoms with Crippen molar-refractivity contribution in [2.24, 2.45) is 0 Å². The number of benzene rings is 2. The lowest BCUT2D eigenvalue weighted by Crippen LogP contribution is -2.33. The number of ether oxygens (including phenoxy) is 1. The molecule has 0 saturated carbocycles. The van der Waals surface area contributed by atoms with Crippen LogP contribution in [0.3, 0.4) is 0 Å². The number of allylic oxidation sites excluding steroid dienone is 5. The molecular formula is C30H36F3O4P. The van der Waals surface area contributed by atoms with Gasteiger partial charge in [-0.1, -0.05) is 105 Å². The first-order chi connectivity index (χ1) is 18.2. The molecule has 8 heteroatoms. The Labute approximate surface area is 223 Å². The maximum absolute atomic E-state index is 13.7. The number of hydrogen-bond donors (Lipinski definition) is 0. The predicted octanol–water partition coefficient (Wildman–Crippen LogP) is 9.35. The van der Waals surface area contributed by atoms with Crippen LogP contribution in [-0.2, 0) is 24.0 Å². The van der Waals surface area contributed by atoms with E-state index in [0.717, 1.165) is 28.8 Å². The summed E-state index contributed by atoms with van der Waals surface area (Å²) >= 11 is 0. The van der Waals surface area contributed by atoms with Gasteiger partial charge >= 0.3 is 13.8 Å². The van der Waals surface area contributed by atoms with Gasteiger partial charge in [0, 0.05) is 6.42 Å². The summed E-state index contributed by atoms with van der Waals surface area (Å²) in [4.78, 5) is 0. The number of rotatable bonds is 7. The molecule has 0 N–H and O–H groups in total. The highest BCUT2D eigenvalue weighted by molar-refractivity contribution is 7.53. The third kappa shape index (κ3) is 7.15. The summed E-state index contributed by atoms with van der Waals surface area (Å²) in [6.07, 6.45) is 1.11. The minimum atomic E-state index is -4.44. The third-order valence-corrected chi connectivity index (χ3v) is 8.13. The maximum atomic E-state index is 13.7. The Balaban J connectivity index is 0.00000195. The van der Waals surface area contributed by atoms with E-state index in [1.54, 1.807) is 6.08 Å². The van der Waals surface area contributed by atoms with Crippen LogP contribution in [0, 0.1) is 6.92 Å². The van der Waals surface area contributed by atoms with Crippen LogP contribution < -0.4 is 0 Å². The Morgan fingerprint density at radius 3 is 2.47 bits per heavy atom. The fourth-order valence-electron chi connectivity index (χ4n) is 4.67. The molecule has 1 aliphatic heterocycles. The van der Waals surface area contributed by atoms with Crippen molar-refractivity contribution in [3.8, 4) is 0 Å². The molecule has 0 aromatic heterocycles. The molecule has 0 amide bonds. The number of alkyl halides is 3. The van der Waals surface area contributed by atoms with Gasteiger partial charge in [-0.05, 0) is 36.5 Å². The monoisotopic (exact) mass is 548 g/mol. The van der Waals surface area contributed by atoms with Crippen molar-refractivity contribution in [3.05, 3.63) is 107 Å². The van der Waals surface area contributed by atoms with Gasteiger partial charge in [0.2, 0.25) is 0 Å². The van der Waals surface area contributed by atoms with Crippen LogP contribution in [0.25, 0.3) is 0 Å². The highest BCUT2D eigenvalue weighted by Gasteiger charge is 2.42. The van der Waals surface area contributed by atoms with E-state index in [-0.39, 0.29) is 19.4 Å². The summed E-state index contributed by atoms with van der Waals surface area (Å²) in [5.41, 5.74) is 1.57.